The number of nitrogens with zero attached hydrogens (tertiary/aromatic N) is 3. The van der Waals surface area contributed by atoms with Gasteiger partial charge in [0.1, 0.15) is 6.33 Å². The Labute approximate surface area is 100 Å². The van der Waals surface area contributed by atoms with Crippen LogP contribution in [0.25, 0.3) is 0 Å². The van der Waals surface area contributed by atoms with Crippen LogP contribution in [0.4, 0.5) is 5.69 Å². The SMILES string of the molecule is O=C1N(c2cncnc2)CCC12CCCNC2. The predicted molar refractivity (Wildman–Crippen MR) is 63.5 cm³/mol. The van der Waals surface area contributed by atoms with E-state index in [0.717, 1.165) is 44.6 Å². The first-order chi connectivity index (χ1) is 8.32. The van der Waals surface area contributed by atoms with Crippen molar-refractivity contribution in [1.29, 1.82) is 0 Å². The molecule has 2 saturated heterocycles. The molecule has 2 aliphatic heterocycles. The van der Waals surface area contributed by atoms with Crippen molar-refractivity contribution in [2.24, 2.45) is 5.41 Å². The number of hydrogen-bond donors (Lipinski definition) is 1. The molecule has 5 heteroatoms. The molecule has 0 aromatic carbocycles. The largest absolute Gasteiger partial charge is 0.316 e. The molecule has 0 bridgehead atoms. The average Bonchev–Trinajstić information content (AvgIpc) is 2.70. The lowest BCUT2D eigenvalue weighted by atomic mass is 9.79. The Balaban J connectivity index is 1.85. The van der Waals surface area contributed by atoms with Crippen LogP contribution in [0.1, 0.15) is 19.3 Å². The summed E-state index contributed by atoms with van der Waals surface area (Å²) in [6.07, 6.45) is 7.93. The second-order valence-electron chi connectivity index (χ2n) is 4.86. The highest BCUT2D eigenvalue weighted by molar-refractivity contribution is 5.99. The minimum absolute atomic E-state index is 0.173. The van der Waals surface area contributed by atoms with E-state index in [1.165, 1.54) is 6.33 Å². The van der Waals surface area contributed by atoms with Gasteiger partial charge in [0.25, 0.3) is 0 Å². The van der Waals surface area contributed by atoms with Crippen LogP contribution in [-0.2, 0) is 4.79 Å². The van der Waals surface area contributed by atoms with Gasteiger partial charge in [-0.3, -0.25) is 4.79 Å². The Morgan fingerprint density at radius 3 is 2.82 bits per heavy atom. The molecule has 3 rings (SSSR count). The van der Waals surface area contributed by atoms with Crippen molar-refractivity contribution in [1.82, 2.24) is 15.3 Å². The molecule has 17 heavy (non-hydrogen) atoms. The molecule has 1 atom stereocenters. The van der Waals surface area contributed by atoms with E-state index in [4.69, 9.17) is 0 Å². The van der Waals surface area contributed by atoms with Crippen LogP contribution in [0.3, 0.4) is 0 Å². The van der Waals surface area contributed by atoms with Crippen molar-refractivity contribution >= 4 is 11.6 Å². The molecule has 2 fully saturated rings. The van der Waals surface area contributed by atoms with Gasteiger partial charge < -0.3 is 10.2 Å². The normalized spacial score (nSPS) is 28.9. The van der Waals surface area contributed by atoms with Crippen LogP contribution in [0, 0.1) is 5.41 Å². The van der Waals surface area contributed by atoms with Gasteiger partial charge in [0.2, 0.25) is 5.91 Å². The van der Waals surface area contributed by atoms with E-state index in [0.29, 0.717) is 0 Å². The molecule has 3 heterocycles. The molecule has 5 nitrogen and oxygen atoms in total. The van der Waals surface area contributed by atoms with Crippen LogP contribution >= 0.6 is 0 Å². The van der Waals surface area contributed by atoms with E-state index in [-0.39, 0.29) is 11.3 Å². The van der Waals surface area contributed by atoms with Gasteiger partial charge in [-0.05, 0) is 25.8 Å². The lowest BCUT2D eigenvalue weighted by Gasteiger charge is -2.32. The summed E-state index contributed by atoms with van der Waals surface area (Å²) in [4.78, 5) is 22.3. The van der Waals surface area contributed by atoms with Gasteiger partial charge in [0, 0.05) is 13.1 Å². The average molecular weight is 232 g/mol. The first-order valence-electron chi connectivity index (χ1n) is 6.10. The summed E-state index contributed by atoms with van der Waals surface area (Å²) in [5.74, 6) is 0.236. The van der Waals surface area contributed by atoms with E-state index < -0.39 is 0 Å². The van der Waals surface area contributed by atoms with Gasteiger partial charge in [-0.2, -0.15) is 0 Å². The first kappa shape index (κ1) is 10.7. The third-order valence-corrected chi connectivity index (χ3v) is 3.84. The van der Waals surface area contributed by atoms with Crippen molar-refractivity contribution in [3.05, 3.63) is 18.7 Å². The molecule has 1 amide bonds. The standard InChI is InChI=1S/C12H16N4O/c17-11-12(2-1-4-13-8-12)3-5-16(11)10-6-14-9-15-7-10/h6-7,9,13H,1-5,8H2. The monoisotopic (exact) mass is 232 g/mol. The maximum atomic E-state index is 12.5. The zero-order valence-corrected chi connectivity index (χ0v) is 9.72. The van der Waals surface area contributed by atoms with Gasteiger partial charge in [-0.1, -0.05) is 0 Å². The quantitative estimate of drug-likeness (QED) is 0.769. The number of rotatable bonds is 1. The van der Waals surface area contributed by atoms with Crippen LogP contribution in [0.5, 0.6) is 0 Å². The van der Waals surface area contributed by atoms with Gasteiger partial charge in [0.05, 0.1) is 23.5 Å². The summed E-state index contributed by atoms with van der Waals surface area (Å²) in [5.41, 5.74) is 0.647. The van der Waals surface area contributed by atoms with E-state index in [1.807, 2.05) is 4.90 Å². The minimum atomic E-state index is -0.173. The Morgan fingerprint density at radius 2 is 2.12 bits per heavy atom. The Morgan fingerprint density at radius 1 is 1.29 bits per heavy atom. The van der Waals surface area contributed by atoms with Crippen LogP contribution < -0.4 is 10.2 Å². The molecule has 1 spiro atoms. The molecule has 0 radical (unpaired) electrons. The molecule has 2 aliphatic rings. The maximum Gasteiger partial charge on any atom is 0.234 e. The molecule has 1 unspecified atom stereocenters. The minimum Gasteiger partial charge on any atom is -0.316 e. The summed E-state index contributed by atoms with van der Waals surface area (Å²) in [5, 5.41) is 3.34. The number of nitrogens with one attached hydrogen (secondary N) is 1. The fourth-order valence-corrected chi connectivity index (χ4v) is 2.86. The van der Waals surface area contributed by atoms with Crippen LogP contribution in [0.2, 0.25) is 0 Å². The van der Waals surface area contributed by atoms with Crippen molar-refractivity contribution in [3.8, 4) is 0 Å². The number of piperidine rings is 1. The van der Waals surface area contributed by atoms with Crippen molar-refractivity contribution in [3.63, 3.8) is 0 Å². The van der Waals surface area contributed by atoms with Crippen LogP contribution in [0.15, 0.2) is 18.7 Å². The van der Waals surface area contributed by atoms with Crippen molar-refractivity contribution in [2.75, 3.05) is 24.5 Å². The third-order valence-electron chi connectivity index (χ3n) is 3.84. The first-order valence-corrected chi connectivity index (χ1v) is 6.10. The number of anilines is 1. The molecule has 1 aromatic heterocycles. The van der Waals surface area contributed by atoms with E-state index in [9.17, 15) is 4.79 Å². The Hall–Kier alpha value is -1.49. The number of carbonyl (C=O) groups is 1. The third kappa shape index (κ3) is 1.70. The molecule has 1 aromatic rings. The molecule has 90 valence electrons. The highest BCUT2D eigenvalue weighted by Crippen LogP contribution is 2.39. The number of amides is 1. The van der Waals surface area contributed by atoms with Crippen LogP contribution in [-0.4, -0.2) is 35.5 Å². The van der Waals surface area contributed by atoms with Crippen molar-refractivity contribution in [2.45, 2.75) is 19.3 Å². The molecule has 0 saturated carbocycles. The Kier molecular flexibility index (Phi) is 2.55. The lowest BCUT2D eigenvalue weighted by Crippen LogP contribution is -2.45. The number of carbonyl (C=O) groups excluding carboxylic acids is 1. The van der Waals surface area contributed by atoms with Gasteiger partial charge in [0.15, 0.2) is 0 Å². The lowest BCUT2D eigenvalue weighted by molar-refractivity contribution is -0.126. The summed E-state index contributed by atoms with van der Waals surface area (Å²) >= 11 is 0. The molecular formula is C12H16N4O. The van der Waals surface area contributed by atoms with E-state index >= 15 is 0 Å². The summed E-state index contributed by atoms with van der Waals surface area (Å²) in [6, 6.07) is 0. The highest BCUT2D eigenvalue weighted by Gasteiger charge is 2.47. The number of aromatic nitrogens is 2. The van der Waals surface area contributed by atoms with Gasteiger partial charge >= 0.3 is 0 Å². The zero-order chi connectivity index (χ0) is 11.7. The topological polar surface area (TPSA) is 58.1 Å². The predicted octanol–water partition coefficient (Wildman–Crippen LogP) is 0.583. The maximum absolute atomic E-state index is 12.5. The van der Waals surface area contributed by atoms with E-state index in [1.54, 1.807) is 12.4 Å². The highest BCUT2D eigenvalue weighted by atomic mass is 16.2. The Bertz CT molecular complexity index is 414. The number of hydrogen-bond acceptors (Lipinski definition) is 4. The second-order valence-corrected chi connectivity index (χ2v) is 4.86. The molecule has 1 N–H and O–H groups in total. The van der Waals surface area contributed by atoms with E-state index in [2.05, 4.69) is 15.3 Å². The second kappa shape index (κ2) is 4.07. The smallest absolute Gasteiger partial charge is 0.234 e. The molecular weight excluding hydrogens is 216 g/mol. The fraction of sp³-hybridized carbons (Fsp3) is 0.583. The van der Waals surface area contributed by atoms with Crippen molar-refractivity contribution < 1.29 is 4.79 Å². The summed E-state index contributed by atoms with van der Waals surface area (Å²) in [7, 11) is 0. The zero-order valence-electron chi connectivity index (χ0n) is 9.72. The van der Waals surface area contributed by atoms with Gasteiger partial charge in [-0.15, -0.1) is 0 Å². The summed E-state index contributed by atoms with van der Waals surface area (Å²) in [6.45, 7) is 2.63. The van der Waals surface area contributed by atoms with Gasteiger partial charge in [-0.25, -0.2) is 9.97 Å². The summed E-state index contributed by atoms with van der Waals surface area (Å²) < 4.78 is 0. The fourth-order valence-electron chi connectivity index (χ4n) is 2.86. The molecule has 0 aliphatic carbocycles.